The molecule has 2 aliphatic rings. The van der Waals surface area contributed by atoms with E-state index in [9.17, 15) is 4.79 Å². The van der Waals surface area contributed by atoms with E-state index in [0.29, 0.717) is 17.2 Å². The maximum Gasteiger partial charge on any atom is 0.289 e. The minimum atomic E-state index is 0.0642. The van der Waals surface area contributed by atoms with Crippen molar-refractivity contribution in [3.05, 3.63) is 21.7 Å². The number of furan rings is 1. The van der Waals surface area contributed by atoms with Gasteiger partial charge in [0.1, 0.15) is 0 Å². The lowest BCUT2D eigenvalue weighted by Gasteiger charge is -2.39. The van der Waals surface area contributed by atoms with E-state index in [1.54, 1.807) is 6.07 Å². The van der Waals surface area contributed by atoms with Gasteiger partial charge in [0.15, 0.2) is 9.53 Å². The van der Waals surface area contributed by atoms with Crippen LogP contribution in [0.3, 0.4) is 0 Å². The molecule has 2 bridgehead atoms. The van der Waals surface area contributed by atoms with Crippen molar-refractivity contribution in [2.45, 2.75) is 46.1 Å². The highest BCUT2D eigenvalue weighted by atomic mass is 127. The first-order valence-electron chi connectivity index (χ1n) is 6.84. The number of amides is 1. The van der Waals surface area contributed by atoms with Gasteiger partial charge in [-0.25, -0.2) is 0 Å². The minimum absolute atomic E-state index is 0.0642. The van der Waals surface area contributed by atoms with Crippen LogP contribution >= 0.6 is 22.6 Å². The Morgan fingerprint density at radius 3 is 2.74 bits per heavy atom. The Kier molecular flexibility index (Phi) is 3.00. The van der Waals surface area contributed by atoms with Crippen molar-refractivity contribution in [1.82, 2.24) is 4.90 Å². The lowest BCUT2D eigenvalue weighted by atomic mass is 9.65. The molecule has 1 aromatic rings. The summed E-state index contributed by atoms with van der Waals surface area (Å²) in [6.45, 7) is 7.83. The second-order valence-electron chi connectivity index (χ2n) is 7.25. The average Bonchev–Trinajstić information content (AvgIpc) is 2.78. The van der Waals surface area contributed by atoms with Crippen molar-refractivity contribution in [3.63, 3.8) is 0 Å². The summed E-state index contributed by atoms with van der Waals surface area (Å²) >= 11 is 2.10. The standard InChI is InChI=1S/C15H20INO2/c1-14(2)6-10-7-15(3,8-14)9-17(10)13(18)11-4-5-12(16)19-11/h4-5,10H,6-9H2,1-3H3. The molecule has 1 saturated carbocycles. The fourth-order valence-corrected chi connectivity index (χ4v) is 4.69. The Balaban J connectivity index is 1.86. The molecule has 1 saturated heterocycles. The topological polar surface area (TPSA) is 33.5 Å². The van der Waals surface area contributed by atoms with Crippen molar-refractivity contribution in [1.29, 1.82) is 0 Å². The monoisotopic (exact) mass is 373 g/mol. The molecule has 1 aliphatic heterocycles. The molecule has 104 valence electrons. The molecular weight excluding hydrogens is 353 g/mol. The third kappa shape index (κ3) is 2.43. The quantitative estimate of drug-likeness (QED) is 0.699. The number of likely N-dealkylation sites (tertiary alicyclic amines) is 1. The van der Waals surface area contributed by atoms with Crippen molar-refractivity contribution >= 4 is 28.5 Å². The smallest absolute Gasteiger partial charge is 0.289 e. The van der Waals surface area contributed by atoms with E-state index in [-0.39, 0.29) is 11.3 Å². The molecular formula is C15H20INO2. The Morgan fingerprint density at radius 2 is 2.11 bits per heavy atom. The van der Waals surface area contributed by atoms with Crippen LogP contribution in [0.5, 0.6) is 0 Å². The van der Waals surface area contributed by atoms with Crippen molar-refractivity contribution in [3.8, 4) is 0 Å². The zero-order valence-corrected chi connectivity index (χ0v) is 13.9. The van der Waals surface area contributed by atoms with Gasteiger partial charge in [-0.15, -0.1) is 0 Å². The summed E-state index contributed by atoms with van der Waals surface area (Å²) in [4.78, 5) is 14.6. The molecule has 2 unspecified atom stereocenters. The van der Waals surface area contributed by atoms with Gasteiger partial charge >= 0.3 is 0 Å². The average molecular weight is 373 g/mol. The Morgan fingerprint density at radius 1 is 1.37 bits per heavy atom. The third-order valence-electron chi connectivity index (χ3n) is 4.46. The molecule has 1 aromatic heterocycles. The lowest BCUT2D eigenvalue weighted by molar-refractivity contribution is 0.0675. The van der Waals surface area contributed by atoms with E-state index in [0.717, 1.165) is 23.2 Å². The molecule has 0 radical (unpaired) electrons. The largest absolute Gasteiger partial charge is 0.445 e. The molecule has 0 aromatic carbocycles. The molecule has 1 amide bonds. The highest BCUT2D eigenvalue weighted by molar-refractivity contribution is 14.1. The van der Waals surface area contributed by atoms with Crippen LogP contribution in [0.2, 0.25) is 0 Å². The van der Waals surface area contributed by atoms with E-state index in [1.165, 1.54) is 6.42 Å². The van der Waals surface area contributed by atoms with E-state index >= 15 is 0 Å². The van der Waals surface area contributed by atoms with Crippen LogP contribution in [-0.2, 0) is 0 Å². The highest BCUT2D eigenvalue weighted by Crippen LogP contribution is 2.52. The van der Waals surface area contributed by atoms with E-state index in [1.807, 2.05) is 11.0 Å². The number of carbonyl (C=O) groups excluding carboxylic acids is 1. The van der Waals surface area contributed by atoms with Gasteiger partial charge in [0.25, 0.3) is 5.91 Å². The van der Waals surface area contributed by atoms with Crippen molar-refractivity contribution in [2.75, 3.05) is 6.54 Å². The molecule has 0 spiro atoms. The van der Waals surface area contributed by atoms with Crippen molar-refractivity contribution < 1.29 is 9.21 Å². The normalized spacial score (nSPS) is 32.6. The van der Waals surface area contributed by atoms with Crippen LogP contribution in [-0.4, -0.2) is 23.4 Å². The van der Waals surface area contributed by atoms with Crippen LogP contribution in [0.1, 0.15) is 50.6 Å². The van der Waals surface area contributed by atoms with Gasteiger partial charge < -0.3 is 9.32 Å². The molecule has 2 fully saturated rings. The van der Waals surface area contributed by atoms with Gasteiger partial charge in [-0.05, 0) is 64.8 Å². The molecule has 19 heavy (non-hydrogen) atoms. The summed E-state index contributed by atoms with van der Waals surface area (Å²) in [5.41, 5.74) is 0.617. The number of fused-ring (bicyclic) bond motifs is 2. The number of hydrogen-bond donors (Lipinski definition) is 0. The van der Waals surface area contributed by atoms with E-state index < -0.39 is 0 Å². The predicted octanol–water partition coefficient (Wildman–Crippen LogP) is 3.93. The number of nitrogens with zero attached hydrogens (tertiary/aromatic N) is 1. The summed E-state index contributed by atoms with van der Waals surface area (Å²) in [5, 5.41) is 0. The highest BCUT2D eigenvalue weighted by Gasteiger charge is 2.51. The maximum atomic E-state index is 12.6. The van der Waals surface area contributed by atoms with Gasteiger partial charge in [0.05, 0.1) is 0 Å². The van der Waals surface area contributed by atoms with Crippen LogP contribution in [0, 0.1) is 14.6 Å². The lowest BCUT2D eigenvalue weighted by Crippen LogP contribution is -2.37. The molecule has 1 aliphatic carbocycles. The van der Waals surface area contributed by atoms with Crippen molar-refractivity contribution in [2.24, 2.45) is 10.8 Å². The predicted molar refractivity (Wildman–Crippen MR) is 82.0 cm³/mol. The molecule has 3 nitrogen and oxygen atoms in total. The minimum Gasteiger partial charge on any atom is -0.445 e. The summed E-state index contributed by atoms with van der Waals surface area (Å²) < 4.78 is 6.26. The van der Waals surface area contributed by atoms with Crippen LogP contribution in [0.15, 0.2) is 16.5 Å². The maximum absolute atomic E-state index is 12.6. The molecule has 3 rings (SSSR count). The zero-order chi connectivity index (χ0) is 13.8. The second-order valence-corrected chi connectivity index (χ2v) is 8.31. The summed E-state index contributed by atoms with van der Waals surface area (Å²) in [6.07, 6.45) is 3.45. The number of rotatable bonds is 1. The van der Waals surface area contributed by atoms with E-state index in [4.69, 9.17) is 4.42 Å². The fraction of sp³-hybridized carbons (Fsp3) is 0.667. The Bertz CT molecular complexity index is 522. The van der Waals surface area contributed by atoms with Gasteiger partial charge in [-0.1, -0.05) is 20.8 Å². The molecule has 2 atom stereocenters. The number of halogens is 1. The van der Waals surface area contributed by atoms with Crippen LogP contribution in [0.4, 0.5) is 0 Å². The fourth-order valence-electron chi connectivity index (χ4n) is 4.27. The van der Waals surface area contributed by atoms with Gasteiger partial charge in [0, 0.05) is 12.6 Å². The number of hydrogen-bond acceptors (Lipinski definition) is 2. The summed E-state index contributed by atoms with van der Waals surface area (Å²) in [7, 11) is 0. The second kappa shape index (κ2) is 4.24. The summed E-state index contributed by atoms with van der Waals surface area (Å²) in [6, 6.07) is 4.02. The zero-order valence-electron chi connectivity index (χ0n) is 11.7. The molecule has 2 heterocycles. The van der Waals surface area contributed by atoms with Crippen LogP contribution < -0.4 is 0 Å². The first kappa shape index (κ1) is 13.5. The SMILES string of the molecule is CC1(C)CC2CC(C)(CN2C(=O)c2ccc(I)o2)C1. The molecule has 4 heteroatoms. The Labute approximate surface area is 127 Å². The third-order valence-corrected chi connectivity index (χ3v) is 5.04. The first-order chi connectivity index (χ1) is 8.78. The van der Waals surface area contributed by atoms with Crippen LogP contribution in [0.25, 0.3) is 0 Å². The number of carbonyl (C=O) groups is 1. The Hall–Kier alpha value is -0.520. The molecule has 0 N–H and O–H groups in total. The van der Waals surface area contributed by atoms with E-state index in [2.05, 4.69) is 43.4 Å². The van der Waals surface area contributed by atoms with Gasteiger partial charge in [0.2, 0.25) is 0 Å². The summed E-state index contributed by atoms with van der Waals surface area (Å²) in [5.74, 6) is 0.549. The van der Waals surface area contributed by atoms with Gasteiger partial charge in [-0.2, -0.15) is 0 Å². The van der Waals surface area contributed by atoms with Gasteiger partial charge in [-0.3, -0.25) is 4.79 Å². The first-order valence-corrected chi connectivity index (χ1v) is 7.92.